The summed E-state index contributed by atoms with van der Waals surface area (Å²) in [5.74, 6) is -0.839. The summed E-state index contributed by atoms with van der Waals surface area (Å²) in [6.07, 6.45) is 36.9. The molecule has 8 nitrogen and oxygen atoms in total. The molecule has 66 heavy (non-hydrogen) atoms. The molecule has 2 aliphatic carbocycles. The highest BCUT2D eigenvalue weighted by atomic mass is 16.2. The Hall–Kier alpha value is -4.85. The summed E-state index contributed by atoms with van der Waals surface area (Å²) in [6.45, 7) is 24.8. The zero-order valence-corrected chi connectivity index (χ0v) is 43.0. The number of hydrogen-bond acceptors (Lipinski definition) is 5. The normalized spacial score (nSPS) is 17.9. The Bertz CT molecular complexity index is 1970. The van der Waals surface area contributed by atoms with Gasteiger partial charge in [0.2, 0.25) is 17.7 Å². The summed E-state index contributed by atoms with van der Waals surface area (Å²) in [6, 6.07) is 0. The number of amides is 3. The van der Waals surface area contributed by atoms with E-state index < -0.39 is 5.92 Å². The number of ketones is 2. The highest BCUT2D eigenvalue weighted by molar-refractivity contribution is 5.94. The van der Waals surface area contributed by atoms with E-state index in [1.807, 2.05) is 44.2 Å². The maximum atomic E-state index is 13.5. The van der Waals surface area contributed by atoms with Gasteiger partial charge in [0.1, 0.15) is 5.78 Å². The molecule has 0 radical (unpaired) electrons. The second-order valence-corrected chi connectivity index (χ2v) is 20.3. The van der Waals surface area contributed by atoms with Crippen LogP contribution in [-0.2, 0) is 24.0 Å². The largest absolute Gasteiger partial charge is 0.356 e. The van der Waals surface area contributed by atoms with Crippen molar-refractivity contribution in [3.8, 4) is 0 Å². The minimum absolute atomic E-state index is 0.0459. The van der Waals surface area contributed by atoms with Gasteiger partial charge >= 0.3 is 0 Å². The first-order valence-electron chi connectivity index (χ1n) is 24.9. The minimum Gasteiger partial charge on any atom is -0.356 e. The molecule has 364 valence electrons. The maximum absolute atomic E-state index is 13.5. The fourth-order valence-corrected chi connectivity index (χ4v) is 8.82. The molecule has 0 fully saturated rings. The summed E-state index contributed by atoms with van der Waals surface area (Å²) in [4.78, 5) is 62.6. The van der Waals surface area contributed by atoms with Crippen molar-refractivity contribution < 1.29 is 24.0 Å². The topological polar surface area (TPSA) is 121 Å². The summed E-state index contributed by atoms with van der Waals surface area (Å²) in [5.41, 5.74) is 10.1. The van der Waals surface area contributed by atoms with Crippen LogP contribution in [0, 0.1) is 16.7 Å². The fourth-order valence-electron chi connectivity index (χ4n) is 8.82. The maximum Gasteiger partial charge on any atom is 0.244 e. The van der Waals surface area contributed by atoms with Gasteiger partial charge in [-0.15, -0.1) is 0 Å². The second-order valence-electron chi connectivity index (χ2n) is 20.3. The number of unbranched alkanes of at least 4 members (excludes halogenated alkanes) is 3. The van der Waals surface area contributed by atoms with Gasteiger partial charge in [-0.1, -0.05) is 117 Å². The molecule has 0 aromatic rings. The molecule has 0 aliphatic heterocycles. The van der Waals surface area contributed by atoms with E-state index in [9.17, 15) is 24.0 Å². The van der Waals surface area contributed by atoms with E-state index in [2.05, 4.69) is 102 Å². The number of Topliss-reactive ketones (excluding diaryl/α,β-unsaturated/α-hetero) is 1. The zero-order chi connectivity index (χ0) is 49.1. The zero-order valence-electron chi connectivity index (χ0n) is 43.0. The highest BCUT2D eigenvalue weighted by Gasteiger charge is 2.27. The smallest absolute Gasteiger partial charge is 0.244 e. The van der Waals surface area contributed by atoms with Gasteiger partial charge in [0.15, 0.2) is 5.78 Å². The lowest BCUT2D eigenvalue weighted by molar-refractivity contribution is -0.128. The number of carbonyl (C=O) groups is 5. The van der Waals surface area contributed by atoms with Crippen LogP contribution in [0.2, 0.25) is 0 Å². The summed E-state index contributed by atoms with van der Waals surface area (Å²) in [5, 5.41) is 8.91. The number of allylic oxidation sites excluding steroid dienone is 19. The third-order valence-corrected chi connectivity index (χ3v) is 12.8. The molecule has 0 aromatic heterocycles. The minimum atomic E-state index is -0.488. The number of nitrogens with one attached hydrogen (secondary N) is 3. The van der Waals surface area contributed by atoms with E-state index in [4.69, 9.17) is 0 Å². The van der Waals surface area contributed by atoms with Crippen LogP contribution in [0.15, 0.2) is 117 Å². The van der Waals surface area contributed by atoms with Gasteiger partial charge < -0.3 is 20.7 Å². The lowest BCUT2D eigenvalue weighted by Gasteiger charge is -2.33. The van der Waals surface area contributed by atoms with Crippen LogP contribution in [-0.4, -0.2) is 48.9 Å². The Morgan fingerprint density at radius 2 is 1.08 bits per heavy atom. The molecule has 0 saturated carbocycles. The molecule has 0 spiro atoms. The van der Waals surface area contributed by atoms with E-state index >= 15 is 0 Å². The first-order chi connectivity index (χ1) is 31.2. The number of carbonyl (C=O) groups excluding carboxylic acids is 5. The van der Waals surface area contributed by atoms with Gasteiger partial charge in [-0.3, -0.25) is 19.2 Å². The molecule has 2 rings (SSSR count). The molecule has 1 unspecified atom stereocenters. The predicted molar refractivity (Wildman–Crippen MR) is 277 cm³/mol. The third-order valence-electron chi connectivity index (χ3n) is 12.8. The Kier molecular flexibility index (Phi) is 26.4. The summed E-state index contributed by atoms with van der Waals surface area (Å²) < 4.78 is 0. The lowest BCUT2D eigenvalue weighted by atomic mass is 9.72. The van der Waals surface area contributed by atoms with Crippen LogP contribution in [0.3, 0.4) is 0 Å². The van der Waals surface area contributed by atoms with E-state index in [-0.39, 0.29) is 46.5 Å². The van der Waals surface area contributed by atoms with Crippen molar-refractivity contribution in [2.75, 3.05) is 19.6 Å². The molecular formula is C58H87N3O5. The van der Waals surface area contributed by atoms with Gasteiger partial charge in [0.25, 0.3) is 0 Å². The van der Waals surface area contributed by atoms with E-state index in [0.717, 1.165) is 48.0 Å². The summed E-state index contributed by atoms with van der Waals surface area (Å²) in [7, 11) is 0. The standard InChI is InChI=1S/C58H87N3O5/c1-43(31-33-52-47(5)26-20-35-57(52,8)9)22-17-24-45(3)40-51(63)42-50(56(66)61-39-15-12-14-37-59-54(64)30-19-28-49(7)62)29-13-16-38-60-55(65)41-46(4)25-18-23-44(2)32-34-53-48(6)27-21-36-58(53,10)11/h17-18,22-25,31-34,40-41,50H,12-16,19-21,26-30,35-39,42H2,1-11H3,(H,59,64)(H,60,65)(H,61,66)/b24-17+,25-18+,33-31+,34-32+,43-22+,44-23+,45-40+,46-41+. The number of hydrogen-bond donors (Lipinski definition) is 3. The molecule has 0 aromatic carbocycles. The van der Waals surface area contributed by atoms with E-state index in [1.54, 1.807) is 12.2 Å². The quantitative estimate of drug-likeness (QED) is 0.0410. The summed E-state index contributed by atoms with van der Waals surface area (Å²) >= 11 is 0. The van der Waals surface area contributed by atoms with Gasteiger partial charge in [-0.25, -0.2) is 0 Å². The SMILES string of the molecule is CC(=O)CCCC(=O)NCCCCCNC(=O)C(CCCCNC(=O)/C=C(C)/C=C/C=C(C)/C=C/C1=C(C)CCCC1(C)C)CC(=O)/C=C(C)/C=C/C=C(C)/C=C/C1=C(C)CCCC1(C)C. The molecule has 3 amide bonds. The van der Waals surface area contributed by atoms with Crippen LogP contribution in [0.25, 0.3) is 0 Å². The molecule has 3 N–H and O–H groups in total. The van der Waals surface area contributed by atoms with Gasteiger partial charge in [0, 0.05) is 50.9 Å². The van der Waals surface area contributed by atoms with Crippen LogP contribution >= 0.6 is 0 Å². The van der Waals surface area contributed by atoms with Crippen molar-refractivity contribution in [3.63, 3.8) is 0 Å². The Morgan fingerprint density at radius 3 is 1.61 bits per heavy atom. The van der Waals surface area contributed by atoms with Crippen molar-refractivity contribution in [1.29, 1.82) is 0 Å². The molecule has 2 aliphatic rings. The van der Waals surface area contributed by atoms with Crippen molar-refractivity contribution in [3.05, 3.63) is 117 Å². The van der Waals surface area contributed by atoms with Crippen LogP contribution in [0.1, 0.15) is 179 Å². The third kappa shape index (κ3) is 24.1. The first-order valence-corrected chi connectivity index (χ1v) is 24.9. The Morgan fingerprint density at radius 1 is 0.576 bits per heavy atom. The van der Waals surface area contributed by atoms with E-state index in [0.29, 0.717) is 58.2 Å². The van der Waals surface area contributed by atoms with Crippen LogP contribution in [0.5, 0.6) is 0 Å². The van der Waals surface area contributed by atoms with E-state index in [1.165, 1.54) is 61.3 Å². The lowest BCUT2D eigenvalue weighted by Crippen LogP contribution is -2.33. The van der Waals surface area contributed by atoms with Gasteiger partial charge in [0.05, 0.1) is 0 Å². The monoisotopic (exact) mass is 906 g/mol. The van der Waals surface area contributed by atoms with Crippen molar-refractivity contribution >= 4 is 29.3 Å². The average Bonchev–Trinajstić information content (AvgIpc) is 3.21. The molecular weight excluding hydrogens is 819 g/mol. The molecule has 0 bridgehead atoms. The Balaban J connectivity index is 1.95. The van der Waals surface area contributed by atoms with Crippen molar-refractivity contribution in [2.24, 2.45) is 16.7 Å². The molecule has 0 heterocycles. The molecule has 0 saturated heterocycles. The Labute approximate surface area is 400 Å². The number of rotatable bonds is 28. The molecule has 8 heteroatoms. The molecule has 1 atom stereocenters. The highest BCUT2D eigenvalue weighted by Crippen LogP contribution is 2.42. The van der Waals surface area contributed by atoms with Crippen LogP contribution < -0.4 is 16.0 Å². The first kappa shape index (κ1) is 57.3. The van der Waals surface area contributed by atoms with Gasteiger partial charge in [-0.2, -0.15) is 0 Å². The van der Waals surface area contributed by atoms with Crippen LogP contribution in [0.4, 0.5) is 0 Å². The predicted octanol–water partition coefficient (Wildman–Crippen LogP) is 13.1. The average molecular weight is 906 g/mol. The second kappa shape index (κ2) is 30.4. The van der Waals surface area contributed by atoms with Gasteiger partial charge in [-0.05, 0) is 165 Å². The van der Waals surface area contributed by atoms with Crippen molar-refractivity contribution in [2.45, 2.75) is 179 Å². The fraction of sp³-hybridized carbons (Fsp3) is 0.569. The van der Waals surface area contributed by atoms with Crippen molar-refractivity contribution in [1.82, 2.24) is 16.0 Å².